The summed E-state index contributed by atoms with van der Waals surface area (Å²) in [5.74, 6) is -0.252. The fourth-order valence-corrected chi connectivity index (χ4v) is 3.67. The number of carbonyl (C=O) groups excluding carboxylic acids is 1. The molecule has 2 aliphatic carbocycles. The lowest BCUT2D eigenvalue weighted by Gasteiger charge is -2.30. The minimum Gasteiger partial charge on any atom is -0.441 e. The first-order valence-corrected chi connectivity index (χ1v) is 7.34. The molecule has 2 heteroatoms. The quantitative estimate of drug-likeness (QED) is 0.681. The average molecular weight is 284 g/mol. The number of ether oxygens (including phenoxy) is 1. The largest absolute Gasteiger partial charge is 0.441 e. The Labute approximate surface area is 128 Å². The Balaban J connectivity index is 1.79. The van der Waals surface area contributed by atoms with Gasteiger partial charge in [-0.1, -0.05) is 54.6 Å². The third kappa shape index (κ3) is 1.27. The van der Waals surface area contributed by atoms with Gasteiger partial charge < -0.3 is 4.74 Å². The van der Waals surface area contributed by atoms with E-state index < -0.39 is 5.60 Å². The van der Waals surface area contributed by atoms with Crippen molar-refractivity contribution in [3.63, 3.8) is 0 Å². The molecule has 0 radical (unpaired) electrons. The fraction of sp³-hybridized carbons (Fsp3) is 0.0500. The van der Waals surface area contributed by atoms with Crippen molar-refractivity contribution in [3.05, 3.63) is 94.6 Å². The van der Waals surface area contributed by atoms with Gasteiger partial charge in [0.15, 0.2) is 5.60 Å². The summed E-state index contributed by atoms with van der Waals surface area (Å²) in [6, 6.07) is 15.9. The van der Waals surface area contributed by atoms with Crippen LogP contribution in [0.3, 0.4) is 0 Å². The first-order chi connectivity index (χ1) is 10.8. The number of esters is 1. The smallest absolute Gasteiger partial charge is 0.340 e. The molecule has 1 atom stereocenters. The number of allylic oxidation sites excluding steroid dienone is 2. The fourth-order valence-electron chi connectivity index (χ4n) is 3.67. The topological polar surface area (TPSA) is 26.3 Å². The molecule has 0 bridgehead atoms. The number of hydrogen-bond acceptors (Lipinski definition) is 2. The molecule has 0 amide bonds. The van der Waals surface area contributed by atoms with Crippen molar-refractivity contribution in [3.8, 4) is 0 Å². The van der Waals surface area contributed by atoms with Crippen LogP contribution >= 0.6 is 0 Å². The van der Waals surface area contributed by atoms with Crippen LogP contribution in [0.5, 0.6) is 0 Å². The molecule has 0 fully saturated rings. The highest BCUT2D eigenvalue weighted by Gasteiger charge is 2.49. The van der Waals surface area contributed by atoms with Gasteiger partial charge in [-0.05, 0) is 34.9 Å². The van der Waals surface area contributed by atoms with E-state index in [1.54, 1.807) is 0 Å². The number of rotatable bonds is 0. The van der Waals surface area contributed by atoms with E-state index in [0.717, 1.165) is 16.7 Å². The maximum absolute atomic E-state index is 12.3. The van der Waals surface area contributed by atoms with Crippen LogP contribution in [-0.2, 0) is 10.3 Å². The third-order valence-corrected chi connectivity index (χ3v) is 4.64. The predicted molar refractivity (Wildman–Crippen MR) is 85.1 cm³/mol. The molecule has 2 aromatic carbocycles. The van der Waals surface area contributed by atoms with Crippen molar-refractivity contribution < 1.29 is 9.53 Å². The summed E-state index contributed by atoms with van der Waals surface area (Å²) in [6.45, 7) is 0. The van der Waals surface area contributed by atoms with E-state index in [0.29, 0.717) is 5.56 Å². The molecule has 104 valence electrons. The van der Waals surface area contributed by atoms with E-state index in [1.165, 1.54) is 11.1 Å². The monoisotopic (exact) mass is 284 g/mol. The van der Waals surface area contributed by atoms with Crippen molar-refractivity contribution in [1.29, 1.82) is 0 Å². The molecular formula is C20H12O2. The Bertz CT molecular complexity index is 930. The zero-order valence-electron chi connectivity index (χ0n) is 11.7. The molecular weight excluding hydrogens is 272 g/mol. The standard InChI is InChI=1S/C20H12O2/c21-19-16-8-3-4-10-17(16)20(22-19)11-5-9-15-14-7-2-1-6-13(14)12-18(15)20/h1-12H. The first-order valence-electron chi connectivity index (χ1n) is 7.34. The zero-order valence-corrected chi connectivity index (χ0v) is 11.7. The molecule has 22 heavy (non-hydrogen) atoms. The second-order valence-corrected chi connectivity index (χ2v) is 5.76. The normalized spacial score (nSPS) is 23.5. The molecule has 0 saturated heterocycles. The van der Waals surface area contributed by atoms with Gasteiger partial charge in [0.25, 0.3) is 0 Å². The molecule has 0 saturated carbocycles. The summed E-state index contributed by atoms with van der Waals surface area (Å²) in [4.78, 5) is 12.3. The molecule has 5 rings (SSSR count). The van der Waals surface area contributed by atoms with Crippen LogP contribution in [0.1, 0.15) is 27.0 Å². The summed E-state index contributed by atoms with van der Waals surface area (Å²) < 4.78 is 5.87. The van der Waals surface area contributed by atoms with Crippen LogP contribution in [0.15, 0.2) is 72.3 Å². The van der Waals surface area contributed by atoms with Gasteiger partial charge in [-0.3, -0.25) is 0 Å². The highest BCUT2D eigenvalue weighted by molar-refractivity contribution is 6.03. The summed E-state index contributed by atoms with van der Waals surface area (Å²) >= 11 is 0. The zero-order chi connectivity index (χ0) is 14.7. The van der Waals surface area contributed by atoms with Crippen molar-refractivity contribution in [2.45, 2.75) is 5.60 Å². The Kier molecular flexibility index (Phi) is 2.06. The van der Waals surface area contributed by atoms with Gasteiger partial charge in [-0.25, -0.2) is 4.79 Å². The first kappa shape index (κ1) is 11.8. The van der Waals surface area contributed by atoms with Crippen LogP contribution in [0, 0.1) is 0 Å². The van der Waals surface area contributed by atoms with Gasteiger partial charge in [0.1, 0.15) is 0 Å². The van der Waals surface area contributed by atoms with Crippen LogP contribution in [-0.4, -0.2) is 5.97 Å². The minimum atomic E-state index is -0.781. The molecule has 1 heterocycles. The Morgan fingerprint density at radius 2 is 1.68 bits per heavy atom. The molecule has 1 spiro atoms. The van der Waals surface area contributed by atoms with Gasteiger partial charge in [0.05, 0.1) is 5.56 Å². The summed E-state index contributed by atoms with van der Waals surface area (Å²) in [5.41, 5.74) is 5.37. The lowest BCUT2D eigenvalue weighted by atomic mass is 9.79. The van der Waals surface area contributed by atoms with E-state index in [9.17, 15) is 4.79 Å². The van der Waals surface area contributed by atoms with Crippen LogP contribution < -0.4 is 0 Å². The lowest BCUT2D eigenvalue weighted by Crippen LogP contribution is -2.27. The third-order valence-electron chi connectivity index (χ3n) is 4.64. The molecule has 3 aliphatic rings. The Hall–Kier alpha value is -2.87. The summed E-state index contributed by atoms with van der Waals surface area (Å²) in [7, 11) is 0. The van der Waals surface area contributed by atoms with Crippen LogP contribution in [0.4, 0.5) is 0 Å². The van der Waals surface area contributed by atoms with Crippen molar-refractivity contribution in [1.82, 2.24) is 0 Å². The summed E-state index contributed by atoms with van der Waals surface area (Å²) in [5, 5.41) is 0. The highest BCUT2D eigenvalue weighted by Crippen LogP contribution is 2.53. The minimum absolute atomic E-state index is 0.252. The van der Waals surface area contributed by atoms with E-state index in [1.807, 2.05) is 48.6 Å². The molecule has 1 aliphatic heterocycles. The van der Waals surface area contributed by atoms with E-state index >= 15 is 0 Å². The second-order valence-electron chi connectivity index (χ2n) is 5.76. The molecule has 0 aromatic heterocycles. The number of benzene rings is 2. The van der Waals surface area contributed by atoms with Gasteiger partial charge >= 0.3 is 5.97 Å². The van der Waals surface area contributed by atoms with E-state index in [4.69, 9.17) is 4.74 Å². The van der Waals surface area contributed by atoms with Gasteiger partial charge in [0.2, 0.25) is 0 Å². The maximum Gasteiger partial charge on any atom is 0.340 e. The average Bonchev–Trinajstić information content (AvgIpc) is 3.07. The van der Waals surface area contributed by atoms with Crippen molar-refractivity contribution >= 4 is 17.6 Å². The lowest BCUT2D eigenvalue weighted by molar-refractivity contribution is 0.0278. The SMILES string of the molecule is O=C1OC2(C=CC=C3C2=Cc2ccccc23)c2ccccc21. The van der Waals surface area contributed by atoms with Crippen molar-refractivity contribution in [2.24, 2.45) is 0 Å². The van der Waals surface area contributed by atoms with Gasteiger partial charge in [-0.2, -0.15) is 0 Å². The van der Waals surface area contributed by atoms with Crippen LogP contribution in [0.25, 0.3) is 11.6 Å². The number of hydrogen-bond donors (Lipinski definition) is 0. The highest BCUT2D eigenvalue weighted by atomic mass is 16.6. The summed E-state index contributed by atoms with van der Waals surface area (Å²) in [6.07, 6.45) is 8.21. The van der Waals surface area contributed by atoms with Crippen LogP contribution in [0.2, 0.25) is 0 Å². The second kappa shape index (κ2) is 3.86. The van der Waals surface area contributed by atoms with E-state index in [-0.39, 0.29) is 5.97 Å². The predicted octanol–water partition coefficient (Wildman–Crippen LogP) is 4.10. The molecule has 2 nitrogen and oxygen atoms in total. The Morgan fingerprint density at radius 1 is 0.909 bits per heavy atom. The van der Waals surface area contributed by atoms with E-state index in [2.05, 4.69) is 24.3 Å². The maximum atomic E-state index is 12.3. The molecule has 0 N–H and O–H groups in total. The molecule has 1 unspecified atom stereocenters. The number of fused-ring (bicyclic) bond motifs is 6. The molecule has 2 aromatic rings. The van der Waals surface area contributed by atoms with Gasteiger partial charge in [0, 0.05) is 11.1 Å². The Morgan fingerprint density at radius 3 is 2.59 bits per heavy atom. The van der Waals surface area contributed by atoms with Gasteiger partial charge in [-0.15, -0.1) is 0 Å². The number of carbonyl (C=O) groups is 1. The van der Waals surface area contributed by atoms with Crippen molar-refractivity contribution in [2.75, 3.05) is 0 Å².